The van der Waals surface area contributed by atoms with Gasteiger partial charge in [-0.15, -0.1) is 12.4 Å². The number of anilines is 2. The van der Waals surface area contributed by atoms with Gasteiger partial charge in [0.15, 0.2) is 12.0 Å². The summed E-state index contributed by atoms with van der Waals surface area (Å²) in [5, 5.41) is 12.2. The molecular formula is C16H19ClN6O. The van der Waals surface area contributed by atoms with Gasteiger partial charge < -0.3 is 15.4 Å². The Kier molecular flexibility index (Phi) is 4.82. The van der Waals surface area contributed by atoms with E-state index in [2.05, 4.69) is 25.3 Å². The molecule has 1 fully saturated rings. The Morgan fingerprint density at radius 1 is 1.17 bits per heavy atom. The van der Waals surface area contributed by atoms with Crippen molar-refractivity contribution >= 4 is 29.6 Å². The lowest BCUT2D eigenvalue weighted by molar-refractivity contribution is 0.225. The number of hydrogen-bond acceptors (Lipinski definition) is 7. The van der Waals surface area contributed by atoms with Gasteiger partial charge in [0.2, 0.25) is 0 Å². The molecule has 2 aliphatic heterocycles. The van der Waals surface area contributed by atoms with E-state index in [1.807, 2.05) is 18.2 Å². The topological polar surface area (TPSA) is 77.4 Å². The first kappa shape index (κ1) is 16.5. The maximum absolute atomic E-state index is 10.6. The Hall–Kier alpha value is -2.38. The minimum atomic E-state index is -0.819. The standard InChI is InChI=1S/C16H18N6O.ClH/c23-16-13(12-4-3-5-17-9-12)10-20-22(16)15-8-14(18-11-19-15)21-6-1-2-7-21;/h3-5,8-11,16,20,23H,1-2,6-7H2;1H. The van der Waals surface area contributed by atoms with Crippen LogP contribution in [0, 0.1) is 0 Å². The van der Waals surface area contributed by atoms with Gasteiger partial charge in [0.05, 0.1) is 0 Å². The van der Waals surface area contributed by atoms with Crippen molar-refractivity contribution in [3.63, 3.8) is 0 Å². The van der Waals surface area contributed by atoms with Crippen LogP contribution in [0.5, 0.6) is 0 Å². The predicted octanol–water partition coefficient (Wildman–Crippen LogP) is 1.58. The Labute approximate surface area is 146 Å². The smallest absolute Gasteiger partial charge is 0.175 e. The van der Waals surface area contributed by atoms with Crippen molar-refractivity contribution in [3.05, 3.63) is 48.7 Å². The zero-order valence-corrected chi connectivity index (χ0v) is 13.9. The van der Waals surface area contributed by atoms with Crippen molar-refractivity contribution in [2.45, 2.75) is 19.1 Å². The lowest BCUT2D eigenvalue weighted by atomic mass is 10.1. The number of aliphatic hydroxyl groups is 1. The summed E-state index contributed by atoms with van der Waals surface area (Å²) in [7, 11) is 0. The molecule has 8 heteroatoms. The first-order valence-electron chi connectivity index (χ1n) is 7.74. The highest BCUT2D eigenvalue weighted by Gasteiger charge is 2.28. The first-order chi connectivity index (χ1) is 11.3. The number of nitrogens with zero attached hydrogens (tertiary/aromatic N) is 5. The number of halogens is 1. The molecule has 0 bridgehead atoms. The van der Waals surface area contributed by atoms with Gasteiger partial charge in [-0.25, -0.2) is 15.0 Å². The third kappa shape index (κ3) is 3.00. The van der Waals surface area contributed by atoms with E-state index in [4.69, 9.17) is 0 Å². The third-order valence-corrected chi connectivity index (χ3v) is 4.19. The molecule has 1 saturated heterocycles. The molecule has 0 aromatic carbocycles. The SMILES string of the molecule is Cl.OC1C(c2cccnc2)=CNN1c1cc(N2CCCC2)ncn1. The molecule has 0 saturated carbocycles. The lowest BCUT2D eigenvalue weighted by Gasteiger charge is -2.24. The predicted molar refractivity (Wildman–Crippen MR) is 94.6 cm³/mol. The fourth-order valence-electron chi connectivity index (χ4n) is 2.97. The number of rotatable bonds is 3. The number of hydrazine groups is 1. The maximum Gasteiger partial charge on any atom is 0.175 e. The zero-order chi connectivity index (χ0) is 15.6. The second-order valence-electron chi connectivity index (χ2n) is 5.64. The number of aromatic nitrogens is 3. The molecule has 0 spiro atoms. The molecule has 2 aromatic heterocycles. The molecule has 0 aliphatic carbocycles. The van der Waals surface area contributed by atoms with Crippen LogP contribution in [-0.4, -0.2) is 39.4 Å². The average Bonchev–Trinajstić information content (AvgIpc) is 3.26. The Morgan fingerprint density at radius 3 is 2.71 bits per heavy atom. The summed E-state index contributed by atoms with van der Waals surface area (Å²) in [5.74, 6) is 1.54. The average molecular weight is 347 g/mol. The van der Waals surface area contributed by atoms with Gasteiger partial charge in [0.25, 0.3) is 0 Å². The summed E-state index contributed by atoms with van der Waals surface area (Å²) in [6, 6.07) is 5.67. The summed E-state index contributed by atoms with van der Waals surface area (Å²) >= 11 is 0. The second kappa shape index (κ2) is 7.02. The van der Waals surface area contributed by atoms with E-state index in [9.17, 15) is 5.11 Å². The van der Waals surface area contributed by atoms with Crippen molar-refractivity contribution in [3.8, 4) is 0 Å². The van der Waals surface area contributed by atoms with Crippen molar-refractivity contribution in [2.24, 2.45) is 0 Å². The summed E-state index contributed by atoms with van der Waals surface area (Å²) < 4.78 is 0. The van der Waals surface area contributed by atoms with E-state index in [1.54, 1.807) is 29.9 Å². The molecule has 2 aliphatic rings. The fourth-order valence-corrected chi connectivity index (χ4v) is 2.97. The first-order valence-corrected chi connectivity index (χ1v) is 7.74. The molecule has 2 aromatic rings. The van der Waals surface area contributed by atoms with Crippen LogP contribution in [-0.2, 0) is 0 Å². The van der Waals surface area contributed by atoms with Crippen molar-refractivity contribution in [2.75, 3.05) is 23.0 Å². The van der Waals surface area contributed by atoms with E-state index in [-0.39, 0.29) is 12.4 Å². The lowest BCUT2D eigenvalue weighted by Crippen LogP contribution is -2.39. The largest absolute Gasteiger partial charge is 0.368 e. The van der Waals surface area contributed by atoms with Gasteiger partial charge in [-0.05, 0) is 18.9 Å². The monoisotopic (exact) mass is 346 g/mol. The van der Waals surface area contributed by atoms with Crippen molar-refractivity contribution < 1.29 is 5.11 Å². The third-order valence-electron chi connectivity index (χ3n) is 4.19. The van der Waals surface area contributed by atoms with Crippen LogP contribution in [0.25, 0.3) is 5.57 Å². The van der Waals surface area contributed by atoms with Crippen molar-refractivity contribution in [1.29, 1.82) is 0 Å². The van der Waals surface area contributed by atoms with Gasteiger partial charge >= 0.3 is 0 Å². The van der Waals surface area contributed by atoms with E-state index < -0.39 is 6.23 Å². The summed E-state index contributed by atoms with van der Waals surface area (Å²) in [6.07, 6.45) is 8.33. The molecule has 7 nitrogen and oxygen atoms in total. The zero-order valence-electron chi connectivity index (χ0n) is 13.0. The van der Waals surface area contributed by atoms with Gasteiger partial charge in [-0.2, -0.15) is 0 Å². The Bertz CT molecular complexity index is 720. The molecule has 2 N–H and O–H groups in total. The molecule has 0 radical (unpaired) electrons. The van der Waals surface area contributed by atoms with Crippen LogP contribution in [0.2, 0.25) is 0 Å². The molecule has 24 heavy (non-hydrogen) atoms. The highest BCUT2D eigenvalue weighted by Crippen LogP contribution is 2.28. The van der Waals surface area contributed by atoms with Crippen LogP contribution in [0.3, 0.4) is 0 Å². The quantitative estimate of drug-likeness (QED) is 0.873. The molecule has 4 heterocycles. The van der Waals surface area contributed by atoms with E-state index >= 15 is 0 Å². The maximum atomic E-state index is 10.6. The molecule has 0 amide bonds. The molecule has 1 atom stereocenters. The van der Waals surface area contributed by atoms with E-state index in [0.717, 1.165) is 30.0 Å². The fraction of sp³-hybridized carbons (Fsp3) is 0.312. The normalized spacial score (nSPS) is 19.7. The van der Waals surface area contributed by atoms with E-state index in [1.165, 1.54) is 12.8 Å². The summed E-state index contributed by atoms with van der Waals surface area (Å²) in [5.41, 5.74) is 4.72. The highest BCUT2D eigenvalue weighted by atomic mass is 35.5. The number of hydrogen-bond donors (Lipinski definition) is 2. The molecule has 126 valence electrons. The Morgan fingerprint density at radius 2 is 1.96 bits per heavy atom. The van der Waals surface area contributed by atoms with Gasteiger partial charge in [-0.1, -0.05) is 6.07 Å². The highest BCUT2D eigenvalue weighted by molar-refractivity contribution is 5.85. The summed E-state index contributed by atoms with van der Waals surface area (Å²) in [6.45, 7) is 2.04. The van der Waals surface area contributed by atoms with Crippen LogP contribution < -0.4 is 15.3 Å². The minimum Gasteiger partial charge on any atom is -0.368 e. The van der Waals surface area contributed by atoms with Crippen LogP contribution >= 0.6 is 12.4 Å². The van der Waals surface area contributed by atoms with Crippen molar-refractivity contribution in [1.82, 2.24) is 20.4 Å². The van der Waals surface area contributed by atoms with Crippen LogP contribution in [0.1, 0.15) is 18.4 Å². The van der Waals surface area contributed by atoms with Gasteiger partial charge in [-0.3, -0.25) is 4.98 Å². The van der Waals surface area contributed by atoms with Crippen LogP contribution in [0.4, 0.5) is 11.6 Å². The van der Waals surface area contributed by atoms with Gasteiger partial charge in [0.1, 0.15) is 12.1 Å². The number of nitrogens with one attached hydrogen (secondary N) is 1. The number of pyridine rings is 1. The molecular weight excluding hydrogens is 328 g/mol. The molecule has 4 rings (SSSR count). The molecule has 1 unspecified atom stereocenters. The van der Waals surface area contributed by atoms with E-state index in [0.29, 0.717) is 5.82 Å². The Balaban J connectivity index is 0.00000169. The second-order valence-corrected chi connectivity index (χ2v) is 5.64. The van der Waals surface area contributed by atoms with Gasteiger partial charge in [0, 0.05) is 48.9 Å². The summed E-state index contributed by atoms with van der Waals surface area (Å²) in [4.78, 5) is 15.0. The number of aliphatic hydroxyl groups excluding tert-OH is 1. The van der Waals surface area contributed by atoms with Crippen LogP contribution in [0.15, 0.2) is 43.1 Å². The minimum absolute atomic E-state index is 0.